The molecule has 0 aliphatic carbocycles. The molecule has 7 heteroatoms. The highest BCUT2D eigenvalue weighted by atomic mass is 32.1. The molecule has 6 nitrogen and oxygen atoms in total. The summed E-state index contributed by atoms with van der Waals surface area (Å²) >= 11 is 1.30. The Labute approximate surface area is 93.6 Å². The average molecular weight is 231 g/mol. The van der Waals surface area contributed by atoms with E-state index in [4.69, 9.17) is 0 Å². The van der Waals surface area contributed by atoms with Gasteiger partial charge in [-0.05, 0) is 23.7 Å². The van der Waals surface area contributed by atoms with Gasteiger partial charge in [-0.3, -0.25) is 0 Å². The van der Waals surface area contributed by atoms with Gasteiger partial charge >= 0.3 is 6.03 Å². The van der Waals surface area contributed by atoms with Gasteiger partial charge in [0.05, 0.1) is 5.69 Å². The number of urea groups is 1. The SMILES string of the molecule is O=C1N=c2ccc(Cc3csnn3)nc2=N1. The predicted molar refractivity (Wildman–Crippen MR) is 54.7 cm³/mol. The molecule has 0 N–H and O–H groups in total. The standard InChI is InChI=1S/C9H5N5OS/c15-9-11-7-2-1-5(10-8(7)12-9)3-6-4-16-14-13-6/h1-2,4H,3H2. The molecule has 2 amide bonds. The third-order valence-electron chi connectivity index (χ3n) is 2.10. The molecule has 0 bridgehead atoms. The molecular formula is C9H5N5OS. The lowest BCUT2D eigenvalue weighted by atomic mass is 10.2. The average Bonchev–Trinajstić information content (AvgIpc) is 2.85. The molecule has 1 aliphatic heterocycles. The van der Waals surface area contributed by atoms with Crippen LogP contribution in [-0.4, -0.2) is 20.6 Å². The fourth-order valence-electron chi connectivity index (χ4n) is 1.41. The minimum atomic E-state index is -0.491. The van der Waals surface area contributed by atoms with Crippen molar-refractivity contribution in [2.75, 3.05) is 0 Å². The monoisotopic (exact) mass is 231 g/mol. The molecule has 3 rings (SSSR count). The van der Waals surface area contributed by atoms with Gasteiger partial charge in [-0.25, -0.2) is 9.78 Å². The van der Waals surface area contributed by atoms with E-state index in [-0.39, 0.29) is 0 Å². The number of fused-ring (bicyclic) bond motifs is 1. The van der Waals surface area contributed by atoms with Gasteiger partial charge in [0.15, 0.2) is 5.49 Å². The first-order valence-corrected chi connectivity index (χ1v) is 5.38. The van der Waals surface area contributed by atoms with Crippen LogP contribution in [0.1, 0.15) is 11.4 Å². The summed E-state index contributed by atoms with van der Waals surface area (Å²) in [5, 5.41) is 6.32. The molecule has 78 valence electrons. The van der Waals surface area contributed by atoms with Crippen molar-refractivity contribution in [3.63, 3.8) is 0 Å². The minimum Gasteiger partial charge on any atom is -0.244 e. The first kappa shape index (κ1) is 9.22. The van der Waals surface area contributed by atoms with Crippen molar-refractivity contribution < 1.29 is 4.79 Å². The van der Waals surface area contributed by atoms with Crippen LogP contribution in [0.25, 0.3) is 0 Å². The molecular weight excluding hydrogens is 226 g/mol. The van der Waals surface area contributed by atoms with Gasteiger partial charge in [-0.15, -0.1) is 5.10 Å². The summed E-state index contributed by atoms with van der Waals surface area (Å²) in [4.78, 5) is 22.6. The fourth-order valence-corrected chi connectivity index (χ4v) is 1.86. The molecule has 0 aromatic carbocycles. The topological polar surface area (TPSA) is 80.5 Å². The van der Waals surface area contributed by atoms with Crippen molar-refractivity contribution in [1.29, 1.82) is 0 Å². The number of hydrogen-bond donors (Lipinski definition) is 0. The quantitative estimate of drug-likeness (QED) is 0.722. The van der Waals surface area contributed by atoms with E-state index in [1.165, 1.54) is 11.5 Å². The highest BCUT2D eigenvalue weighted by molar-refractivity contribution is 7.03. The molecule has 0 radical (unpaired) electrons. The lowest BCUT2D eigenvalue weighted by Gasteiger charge is -1.94. The van der Waals surface area contributed by atoms with Crippen molar-refractivity contribution in [1.82, 2.24) is 14.6 Å². The van der Waals surface area contributed by atoms with E-state index >= 15 is 0 Å². The number of amides is 2. The number of carbonyl (C=O) groups is 1. The largest absolute Gasteiger partial charge is 0.369 e. The maximum absolute atomic E-state index is 10.9. The normalized spacial score (nSPS) is 13.1. The second kappa shape index (κ2) is 3.53. The summed E-state index contributed by atoms with van der Waals surface area (Å²) in [5.74, 6) is 0. The Bertz CT molecular complexity index is 664. The van der Waals surface area contributed by atoms with Gasteiger partial charge in [0.2, 0.25) is 0 Å². The third-order valence-corrected chi connectivity index (χ3v) is 2.65. The van der Waals surface area contributed by atoms with Gasteiger partial charge in [-0.1, -0.05) is 4.49 Å². The Balaban J connectivity index is 2.01. The Hall–Kier alpha value is -2.02. The minimum absolute atomic E-state index is 0.394. The summed E-state index contributed by atoms with van der Waals surface area (Å²) < 4.78 is 3.77. The number of rotatable bonds is 2. The maximum atomic E-state index is 10.9. The van der Waals surface area contributed by atoms with E-state index in [0.717, 1.165) is 11.4 Å². The lowest BCUT2D eigenvalue weighted by Crippen LogP contribution is -2.26. The van der Waals surface area contributed by atoms with Crippen molar-refractivity contribution in [3.8, 4) is 0 Å². The van der Waals surface area contributed by atoms with Crippen molar-refractivity contribution in [2.45, 2.75) is 6.42 Å². The second-order valence-electron chi connectivity index (χ2n) is 3.22. The van der Waals surface area contributed by atoms with Crippen LogP contribution in [0.15, 0.2) is 27.5 Å². The van der Waals surface area contributed by atoms with Crippen LogP contribution in [0.3, 0.4) is 0 Å². The van der Waals surface area contributed by atoms with Crippen LogP contribution in [0.4, 0.5) is 4.79 Å². The van der Waals surface area contributed by atoms with Crippen LogP contribution < -0.4 is 10.8 Å². The second-order valence-corrected chi connectivity index (χ2v) is 3.83. The summed E-state index contributed by atoms with van der Waals surface area (Å²) in [7, 11) is 0. The summed E-state index contributed by atoms with van der Waals surface area (Å²) in [5.41, 5.74) is 2.06. The highest BCUT2D eigenvalue weighted by Crippen LogP contribution is 2.03. The molecule has 1 aliphatic rings. The van der Waals surface area contributed by atoms with Crippen LogP contribution in [0.2, 0.25) is 0 Å². The molecule has 2 aromatic rings. The fraction of sp³-hybridized carbons (Fsp3) is 0.111. The van der Waals surface area contributed by atoms with Crippen LogP contribution in [0, 0.1) is 0 Å². The van der Waals surface area contributed by atoms with Crippen molar-refractivity contribution in [2.24, 2.45) is 9.98 Å². The van der Waals surface area contributed by atoms with E-state index in [2.05, 4.69) is 24.6 Å². The first-order chi connectivity index (χ1) is 7.81. The van der Waals surface area contributed by atoms with Gasteiger partial charge < -0.3 is 0 Å². The van der Waals surface area contributed by atoms with Gasteiger partial charge in [-0.2, -0.15) is 9.98 Å². The zero-order valence-electron chi connectivity index (χ0n) is 7.99. The van der Waals surface area contributed by atoms with Crippen LogP contribution >= 0.6 is 11.5 Å². The number of aromatic nitrogens is 3. The van der Waals surface area contributed by atoms with Crippen molar-refractivity contribution in [3.05, 3.63) is 39.7 Å². The molecule has 16 heavy (non-hydrogen) atoms. The molecule has 0 spiro atoms. The smallest absolute Gasteiger partial charge is 0.244 e. The number of carbonyl (C=O) groups excluding carboxylic acids is 1. The van der Waals surface area contributed by atoms with Crippen molar-refractivity contribution >= 4 is 17.6 Å². The van der Waals surface area contributed by atoms with Crippen LogP contribution in [-0.2, 0) is 6.42 Å². The summed E-state index contributed by atoms with van der Waals surface area (Å²) in [6, 6.07) is 3.07. The molecule has 0 atom stereocenters. The molecule has 0 unspecified atom stereocenters. The Kier molecular flexibility index (Phi) is 2.03. The Morgan fingerprint density at radius 3 is 2.94 bits per heavy atom. The van der Waals surface area contributed by atoms with Gasteiger partial charge in [0.1, 0.15) is 5.36 Å². The highest BCUT2D eigenvalue weighted by Gasteiger charge is 2.07. The third kappa shape index (κ3) is 1.61. The van der Waals surface area contributed by atoms with E-state index in [1.54, 1.807) is 6.07 Å². The van der Waals surface area contributed by atoms with E-state index in [1.807, 2.05) is 11.4 Å². The summed E-state index contributed by atoms with van der Waals surface area (Å²) in [6.45, 7) is 0. The number of nitrogens with zero attached hydrogens (tertiary/aromatic N) is 5. The zero-order valence-corrected chi connectivity index (χ0v) is 8.81. The first-order valence-electron chi connectivity index (χ1n) is 4.54. The molecule has 0 fully saturated rings. The molecule has 0 saturated carbocycles. The number of hydrogen-bond acceptors (Lipinski definition) is 5. The molecule has 2 aromatic heterocycles. The zero-order chi connectivity index (χ0) is 11.0. The van der Waals surface area contributed by atoms with E-state index in [0.29, 0.717) is 17.3 Å². The van der Waals surface area contributed by atoms with Gasteiger partial charge in [0.25, 0.3) is 0 Å². The number of pyridine rings is 1. The predicted octanol–water partition coefficient (Wildman–Crippen LogP) is -0.103. The maximum Gasteiger partial charge on any atom is 0.369 e. The van der Waals surface area contributed by atoms with Gasteiger partial charge in [0, 0.05) is 17.5 Å². The molecule has 3 heterocycles. The van der Waals surface area contributed by atoms with Crippen LogP contribution in [0.5, 0.6) is 0 Å². The van der Waals surface area contributed by atoms with E-state index in [9.17, 15) is 4.79 Å². The Morgan fingerprint density at radius 1 is 1.19 bits per heavy atom. The summed E-state index contributed by atoms with van der Waals surface area (Å²) in [6.07, 6.45) is 0.591. The lowest BCUT2D eigenvalue weighted by molar-refractivity contribution is 0.256. The van der Waals surface area contributed by atoms with E-state index < -0.39 is 6.03 Å². The Morgan fingerprint density at radius 2 is 2.12 bits per heavy atom. The molecule has 0 saturated heterocycles.